The van der Waals surface area contributed by atoms with E-state index in [2.05, 4.69) is 67.5 Å². The van der Waals surface area contributed by atoms with E-state index in [1.165, 1.54) is 11.1 Å². The fraction of sp³-hybridized carbons (Fsp3) is 0.379. The van der Waals surface area contributed by atoms with Crippen molar-refractivity contribution in [1.82, 2.24) is 10.2 Å². The molecule has 0 aliphatic carbocycles. The summed E-state index contributed by atoms with van der Waals surface area (Å²) in [6, 6.07) is 26.1. The van der Waals surface area contributed by atoms with Crippen LogP contribution in [-0.4, -0.2) is 62.0 Å². The fourth-order valence-electron chi connectivity index (χ4n) is 4.27. The molecular formula is C29H37ClN2O3. The van der Waals surface area contributed by atoms with E-state index < -0.39 is 6.10 Å². The first kappa shape index (κ1) is 27.0. The van der Waals surface area contributed by atoms with Gasteiger partial charge in [0.1, 0.15) is 12.7 Å². The molecule has 2 N–H and O–H groups in total. The summed E-state index contributed by atoms with van der Waals surface area (Å²) < 4.78 is 11.1. The van der Waals surface area contributed by atoms with Crippen LogP contribution in [0, 0.1) is 0 Å². The van der Waals surface area contributed by atoms with Gasteiger partial charge in [-0.3, -0.25) is 0 Å². The lowest BCUT2D eigenvalue weighted by Crippen LogP contribution is -2.51. The molecule has 0 aliphatic heterocycles. The molecule has 0 spiro atoms. The summed E-state index contributed by atoms with van der Waals surface area (Å²) in [5.74, 6) is 1.51. The van der Waals surface area contributed by atoms with Gasteiger partial charge < -0.3 is 24.8 Å². The van der Waals surface area contributed by atoms with E-state index >= 15 is 0 Å². The third kappa shape index (κ3) is 8.55. The van der Waals surface area contributed by atoms with Crippen LogP contribution < -0.4 is 14.8 Å². The van der Waals surface area contributed by atoms with Gasteiger partial charge in [0.2, 0.25) is 0 Å². The maximum atomic E-state index is 10.5. The zero-order valence-electron chi connectivity index (χ0n) is 21.1. The standard InChI is InChI=1S/C29H37ClN2O3/c1-29(2,31-18-25(33)20-35-28-13-9-8-12-27(28)34-4)21-32(3)19-26(22-10-6-5-7-11-22)23-14-16-24(30)17-15-23/h5-17,25-26,31,33H,18-21H2,1-4H3. The number of hydrogen-bond donors (Lipinski definition) is 2. The maximum Gasteiger partial charge on any atom is 0.161 e. The lowest BCUT2D eigenvalue weighted by Gasteiger charge is -2.34. The number of nitrogens with zero attached hydrogens (tertiary/aromatic N) is 1. The molecule has 188 valence electrons. The average molecular weight is 497 g/mol. The molecule has 0 heterocycles. The van der Waals surface area contributed by atoms with E-state index in [9.17, 15) is 5.11 Å². The third-order valence-electron chi connectivity index (χ3n) is 5.95. The summed E-state index contributed by atoms with van der Waals surface area (Å²) in [6.45, 7) is 6.58. The van der Waals surface area contributed by atoms with Crippen LogP contribution in [0.3, 0.4) is 0 Å². The zero-order chi connectivity index (χ0) is 25.3. The summed E-state index contributed by atoms with van der Waals surface area (Å²) in [6.07, 6.45) is -0.643. The van der Waals surface area contributed by atoms with E-state index in [1.807, 2.05) is 42.5 Å². The van der Waals surface area contributed by atoms with E-state index in [0.29, 0.717) is 18.0 Å². The number of β-amino-alcohol motifs (C(OH)–C–C–N with tert-alkyl or cyclic N) is 1. The number of halogens is 1. The Hall–Kier alpha value is -2.57. The van der Waals surface area contributed by atoms with Gasteiger partial charge in [-0.15, -0.1) is 0 Å². The molecule has 5 nitrogen and oxygen atoms in total. The Morgan fingerprint density at radius 1 is 0.914 bits per heavy atom. The first-order valence-electron chi connectivity index (χ1n) is 12.0. The van der Waals surface area contributed by atoms with Crippen LogP contribution in [0.4, 0.5) is 0 Å². The van der Waals surface area contributed by atoms with Crippen molar-refractivity contribution in [1.29, 1.82) is 0 Å². The van der Waals surface area contributed by atoms with E-state index in [0.717, 1.165) is 18.1 Å². The molecule has 3 aromatic carbocycles. The molecule has 0 aromatic heterocycles. The Labute approximate surface area is 214 Å². The van der Waals surface area contributed by atoms with Gasteiger partial charge in [-0.05, 0) is 56.3 Å². The highest BCUT2D eigenvalue weighted by molar-refractivity contribution is 6.30. The van der Waals surface area contributed by atoms with Crippen molar-refractivity contribution < 1.29 is 14.6 Å². The van der Waals surface area contributed by atoms with Crippen LogP contribution >= 0.6 is 11.6 Å². The van der Waals surface area contributed by atoms with Gasteiger partial charge in [-0.25, -0.2) is 0 Å². The van der Waals surface area contributed by atoms with E-state index in [1.54, 1.807) is 7.11 Å². The summed E-state index contributed by atoms with van der Waals surface area (Å²) in [7, 11) is 3.74. The van der Waals surface area contributed by atoms with Gasteiger partial charge in [0.25, 0.3) is 0 Å². The molecule has 0 saturated carbocycles. The number of aliphatic hydroxyl groups is 1. The van der Waals surface area contributed by atoms with Crippen molar-refractivity contribution in [3.63, 3.8) is 0 Å². The van der Waals surface area contributed by atoms with Gasteiger partial charge in [-0.1, -0.05) is 66.2 Å². The maximum absolute atomic E-state index is 10.5. The number of likely N-dealkylation sites (N-methyl/N-ethyl adjacent to an activating group) is 1. The van der Waals surface area contributed by atoms with Crippen molar-refractivity contribution in [2.24, 2.45) is 0 Å². The van der Waals surface area contributed by atoms with Crippen LogP contribution in [0.15, 0.2) is 78.9 Å². The summed E-state index contributed by atoms with van der Waals surface area (Å²) >= 11 is 6.13. The van der Waals surface area contributed by atoms with Crippen LogP contribution in [0.1, 0.15) is 30.9 Å². The summed E-state index contributed by atoms with van der Waals surface area (Å²) in [4.78, 5) is 2.33. The number of methoxy groups -OCH3 is 1. The molecule has 6 heteroatoms. The lowest BCUT2D eigenvalue weighted by molar-refractivity contribution is 0.0936. The molecule has 0 fully saturated rings. The number of benzene rings is 3. The predicted octanol–water partition coefficient (Wildman–Crippen LogP) is 5.22. The summed E-state index contributed by atoms with van der Waals surface area (Å²) in [5, 5.41) is 14.7. The fourth-order valence-corrected chi connectivity index (χ4v) is 4.39. The van der Waals surface area contributed by atoms with Crippen LogP contribution in [-0.2, 0) is 0 Å². The number of para-hydroxylation sites is 2. The van der Waals surface area contributed by atoms with Crippen molar-refractivity contribution in [3.8, 4) is 11.5 Å². The highest BCUT2D eigenvalue weighted by atomic mass is 35.5. The molecule has 3 aromatic rings. The van der Waals surface area contributed by atoms with Crippen LogP contribution in [0.2, 0.25) is 5.02 Å². The molecule has 35 heavy (non-hydrogen) atoms. The predicted molar refractivity (Wildman–Crippen MR) is 144 cm³/mol. The van der Waals surface area contributed by atoms with Crippen LogP contribution in [0.25, 0.3) is 0 Å². The Morgan fingerprint density at radius 2 is 1.51 bits per heavy atom. The number of nitrogens with one attached hydrogen (secondary N) is 1. The average Bonchev–Trinajstić information content (AvgIpc) is 2.86. The first-order valence-corrected chi connectivity index (χ1v) is 12.3. The molecule has 0 saturated heterocycles. The van der Waals surface area contributed by atoms with Gasteiger partial charge in [-0.2, -0.15) is 0 Å². The molecule has 3 rings (SSSR count). The lowest BCUT2D eigenvalue weighted by atomic mass is 9.90. The Bertz CT molecular complexity index is 1030. The number of hydrogen-bond acceptors (Lipinski definition) is 5. The molecule has 2 unspecified atom stereocenters. The number of aliphatic hydroxyl groups excluding tert-OH is 1. The smallest absolute Gasteiger partial charge is 0.161 e. The van der Waals surface area contributed by atoms with Gasteiger partial charge in [0.15, 0.2) is 11.5 Å². The molecule has 0 amide bonds. The quantitative estimate of drug-likeness (QED) is 0.340. The van der Waals surface area contributed by atoms with Gasteiger partial charge >= 0.3 is 0 Å². The van der Waals surface area contributed by atoms with Crippen molar-refractivity contribution in [2.45, 2.75) is 31.4 Å². The minimum Gasteiger partial charge on any atom is -0.493 e. The second kappa shape index (κ2) is 12.9. The van der Waals surface area contributed by atoms with E-state index in [-0.39, 0.29) is 18.1 Å². The minimum absolute atomic E-state index is 0.186. The molecule has 0 aliphatic rings. The highest BCUT2D eigenvalue weighted by Gasteiger charge is 2.24. The SMILES string of the molecule is COc1ccccc1OCC(O)CNC(C)(C)CN(C)CC(c1ccccc1)c1ccc(Cl)cc1. The highest BCUT2D eigenvalue weighted by Crippen LogP contribution is 2.27. The van der Waals surface area contributed by atoms with Gasteiger partial charge in [0, 0.05) is 36.1 Å². The normalized spacial score (nSPS) is 13.5. The summed E-state index contributed by atoms with van der Waals surface area (Å²) in [5.41, 5.74) is 2.31. The second-order valence-electron chi connectivity index (χ2n) is 9.59. The Morgan fingerprint density at radius 3 is 2.17 bits per heavy atom. The Kier molecular flexibility index (Phi) is 9.99. The van der Waals surface area contributed by atoms with Crippen molar-refractivity contribution >= 4 is 11.6 Å². The topological polar surface area (TPSA) is 54.0 Å². The van der Waals surface area contributed by atoms with Gasteiger partial charge in [0.05, 0.1) is 7.11 Å². The Balaban J connectivity index is 1.54. The molecule has 0 bridgehead atoms. The molecular weight excluding hydrogens is 460 g/mol. The largest absolute Gasteiger partial charge is 0.493 e. The third-order valence-corrected chi connectivity index (χ3v) is 6.20. The van der Waals surface area contributed by atoms with E-state index in [4.69, 9.17) is 21.1 Å². The molecule has 0 radical (unpaired) electrons. The molecule has 2 atom stereocenters. The second-order valence-corrected chi connectivity index (χ2v) is 10.0. The first-order chi connectivity index (χ1) is 16.8. The monoisotopic (exact) mass is 496 g/mol. The number of ether oxygens (including phenoxy) is 2. The van der Waals surface area contributed by atoms with Crippen LogP contribution in [0.5, 0.6) is 11.5 Å². The number of rotatable bonds is 13. The van der Waals surface area contributed by atoms with Crippen molar-refractivity contribution in [3.05, 3.63) is 95.0 Å². The van der Waals surface area contributed by atoms with Crippen molar-refractivity contribution in [2.75, 3.05) is 40.4 Å². The zero-order valence-corrected chi connectivity index (χ0v) is 21.8. The minimum atomic E-state index is -0.643.